The van der Waals surface area contributed by atoms with Gasteiger partial charge in [0, 0.05) is 12.6 Å². The van der Waals surface area contributed by atoms with Crippen LogP contribution in [0.5, 0.6) is 0 Å². The van der Waals surface area contributed by atoms with Gasteiger partial charge in [-0.25, -0.2) is 0 Å². The minimum Gasteiger partial charge on any atom is -0.282 e. The summed E-state index contributed by atoms with van der Waals surface area (Å²) in [6.45, 7) is 5.92. The van der Waals surface area contributed by atoms with Gasteiger partial charge in [-0.1, -0.05) is 8.73 Å². The van der Waals surface area contributed by atoms with Crippen molar-refractivity contribution >= 4 is 8.73 Å². The average molecular weight is 145 g/mol. The molecule has 1 unspecified atom stereocenters. The Bertz CT molecular complexity index is 77.0. The SMILES string of the molecule is CC(C)N1CCCCP1. The topological polar surface area (TPSA) is 3.24 Å². The summed E-state index contributed by atoms with van der Waals surface area (Å²) in [6.07, 6.45) is 4.32. The molecule has 1 heterocycles. The first-order valence-electron chi connectivity index (χ1n) is 3.81. The molecule has 2 heteroatoms. The smallest absolute Gasteiger partial charge is 0.00751 e. The molecule has 0 radical (unpaired) electrons. The maximum Gasteiger partial charge on any atom is 0.00751 e. The molecule has 0 saturated carbocycles. The fourth-order valence-electron chi connectivity index (χ4n) is 1.15. The third-order valence-corrected chi connectivity index (χ3v) is 3.49. The highest BCUT2D eigenvalue weighted by atomic mass is 31.1. The largest absolute Gasteiger partial charge is 0.282 e. The maximum absolute atomic E-state index is 2.59. The van der Waals surface area contributed by atoms with Crippen molar-refractivity contribution in [2.24, 2.45) is 0 Å². The van der Waals surface area contributed by atoms with Gasteiger partial charge in [-0.05, 0) is 32.9 Å². The number of hydrogen-bond donors (Lipinski definition) is 0. The summed E-state index contributed by atoms with van der Waals surface area (Å²) in [6, 6.07) is 0.781. The Hall–Kier alpha value is 0.390. The van der Waals surface area contributed by atoms with Crippen molar-refractivity contribution in [2.45, 2.75) is 32.7 Å². The van der Waals surface area contributed by atoms with Crippen LogP contribution in [0.15, 0.2) is 0 Å². The zero-order chi connectivity index (χ0) is 6.69. The van der Waals surface area contributed by atoms with Crippen molar-refractivity contribution in [3.05, 3.63) is 0 Å². The summed E-state index contributed by atoms with van der Waals surface area (Å²) in [5.41, 5.74) is 0. The second-order valence-electron chi connectivity index (χ2n) is 2.90. The van der Waals surface area contributed by atoms with Crippen molar-refractivity contribution in [1.82, 2.24) is 4.67 Å². The molecule has 0 bridgehead atoms. The van der Waals surface area contributed by atoms with E-state index in [0.29, 0.717) is 0 Å². The quantitative estimate of drug-likeness (QED) is 0.510. The van der Waals surface area contributed by atoms with Gasteiger partial charge >= 0.3 is 0 Å². The Morgan fingerprint density at radius 3 is 2.44 bits per heavy atom. The predicted octanol–water partition coefficient (Wildman–Crippen LogP) is 2.08. The van der Waals surface area contributed by atoms with Crippen molar-refractivity contribution in [3.63, 3.8) is 0 Å². The Balaban J connectivity index is 2.23. The van der Waals surface area contributed by atoms with E-state index in [2.05, 4.69) is 18.5 Å². The van der Waals surface area contributed by atoms with Crippen LogP contribution in [0.3, 0.4) is 0 Å². The first kappa shape index (κ1) is 7.50. The summed E-state index contributed by atoms with van der Waals surface area (Å²) in [5.74, 6) is 0. The van der Waals surface area contributed by atoms with Crippen LogP contribution in [0.4, 0.5) is 0 Å². The van der Waals surface area contributed by atoms with Gasteiger partial charge in [0.2, 0.25) is 0 Å². The fraction of sp³-hybridized carbons (Fsp3) is 1.00. The van der Waals surface area contributed by atoms with Gasteiger partial charge in [-0.2, -0.15) is 0 Å². The predicted molar refractivity (Wildman–Crippen MR) is 44.3 cm³/mol. The molecule has 0 N–H and O–H groups in total. The van der Waals surface area contributed by atoms with E-state index < -0.39 is 0 Å². The minimum atomic E-state index is 0.781. The van der Waals surface area contributed by atoms with Crippen LogP contribution in [0.25, 0.3) is 0 Å². The molecule has 1 aliphatic heterocycles. The van der Waals surface area contributed by atoms with Crippen molar-refractivity contribution in [2.75, 3.05) is 12.7 Å². The number of nitrogens with zero attached hydrogens (tertiary/aromatic N) is 1. The Labute approximate surface area is 59.7 Å². The van der Waals surface area contributed by atoms with Crippen LogP contribution in [-0.4, -0.2) is 23.4 Å². The van der Waals surface area contributed by atoms with Crippen LogP contribution in [0.2, 0.25) is 0 Å². The fourth-order valence-corrected chi connectivity index (χ4v) is 2.53. The highest BCUT2D eigenvalue weighted by molar-refractivity contribution is 7.35. The van der Waals surface area contributed by atoms with E-state index in [1.54, 1.807) is 0 Å². The molecular formula is C7H16NP. The third kappa shape index (κ3) is 2.23. The molecule has 1 rings (SSSR count). The van der Waals surface area contributed by atoms with Gasteiger partial charge in [-0.15, -0.1) is 0 Å². The van der Waals surface area contributed by atoms with Gasteiger partial charge in [0.15, 0.2) is 0 Å². The molecule has 1 nitrogen and oxygen atoms in total. The highest BCUT2D eigenvalue weighted by Crippen LogP contribution is 2.27. The molecule has 0 spiro atoms. The van der Waals surface area contributed by atoms with Crippen LogP contribution in [-0.2, 0) is 0 Å². The monoisotopic (exact) mass is 145 g/mol. The van der Waals surface area contributed by atoms with E-state index in [1.807, 2.05) is 0 Å². The van der Waals surface area contributed by atoms with E-state index in [0.717, 1.165) is 14.8 Å². The molecule has 0 aliphatic carbocycles. The lowest BCUT2D eigenvalue weighted by molar-refractivity contribution is 0.368. The lowest BCUT2D eigenvalue weighted by atomic mass is 10.3. The Kier molecular flexibility index (Phi) is 2.94. The third-order valence-electron chi connectivity index (χ3n) is 1.76. The molecular weight excluding hydrogens is 129 g/mol. The maximum atomic E-state index is 2.59. The zero-order valence-corrected chi connectivity index (χ0v) is 7.35. The Morgan fingerprint density at radius 1 is 1.33 bits per heavy atom. The van der Waals surface area contributed by atoms with Crippen LogP contribution in [0, 0.1) is 0 Å². The summed E-state index contributed by atoms with van der Waals surface area (Å²) in [4.78, 5) is 0. The first-order valence-corrected chi connectivity index (χ1v) is 4.96. The van der Waals surface area contributed by atoms with Gasteiger partial charge < -0.3 is 0 Å². The Morgan fingerprint density at radius 2 is 2.11 bits per heavy atom. The lowest BCUT2D eigenvalue weighted by Gasteiger charge is -2.29. The summed E-state index contributed by atoms with van der Waals surface area (Å²) in [5, 5.41) is 0. The van der Waals surface area contributed by atoms with E-state index in [-0.39, 0.29) is 0 Å². The molecule has 1 aliphatic rings. The molecule has 0 aromatic heterocycles. The molecule has 54 valence electrons. The summed E-state index contributed by atoms with van der Waals surface area (Å²) < 4.78 is 2.59. The van der Waals surface area contributed by atoms with Gasteiger partial charge in [0.1, 0.15) is 0 Å². The van der Waals surface area contributed by atoms with E-state index in [4.69, 9.17) is 0 Å². The van der Waals surface area contributed by atoms with Crippen LogP contribution in [0.1, 0.15) is 26.7 Å². The number of hydrogen-bond acceptors (Lipinski definition) is 1. The van der Waals surface area contributed by atoms with E-state index in [1.165, 1.54) is 25.5 Å². The second kappa shape index (κ2) is 3.53. The molecule has 1 atom stereocenters. The van der Waals surface area contributed by atoms with Gasteiger partial charge in [0.25, 0.3) is 0 Å². The van der Waals surface area contributed by atoms with Crippen LogP contribution < -0.4 is 0 Å². The lowest BCUT2D eigenvalue weighted by Crippen LogP contribution is -2.26. The average Bonchev–Trinajstić information content (AvgIpc) is 1.90. The van der Waals surface area contributed by atoms with Gasteiger partial charge in [-0.3, -0.25) is 4.67 Å². The summed E-state index contributed by atoms with van der Waals surface area (Å²) in [7, 11) is 1.11. The van der Waals surface area contributed by atoms with Crippen molar-refractivity contribution in [1.29, 1.82) is 0 Å². The second-order valence-corrected chi connectivity index (χ2v) is 4.29. The molecule has 1 fully saturated rings. The van der Waals surface area contributed by atoms with Crippen molar-refractivity contribution in [3.8, 4) is 0 Å². The molecule has 0 amide bonds. The number of rotatable bonds is 1. The molecule has 9 heavy (non-hydrogen) atoms. The minimum absolute atomic E-state index is 0.781. The molecule has 0 aromatic rings. The molecule has 0 aromatic carbocycles. The highest BCUT2D eigenvalue weighted by Gasteiger charge is 2.11. The molecule has 1 saturated heterocycles. The van der Waals surface area contributed by atoms with Crippen LogP contribution >= 0.6 is 8.73 Å². The zero-order valence-electron chi connectivity index (χ0n) is 6.35. The van der Waals surface area contributed by atoms with E-state index >= 15 is 0 Å². The normalized spacial score (nSPS) is 25.7. The van der Waals surface area contributed by atoms with E-state index in [9.17, 15) is 0 Å². The van der Waals surface area contributed by atoms with Crippen molar-refractivity contribution < 1.29 is 0 Å². The first-order chi connectivity index (χ1) is 4.30. The standard InChI is InChI=1S/C7H16NP/c1-7(2)8-5-3-4-6-9-8/h7,9H,3-6H2,1-2H3. The summed E-state index contributed by atoms with van der Waals surface area (Å²) >= 11 is 0. The van der Waals surface area contributed by atoms with Gasteiger partial charge in [0.05, 0.1) is 0 Å².